The number of esters is 2. The van der Waals surface area contributed by atoms with Crippen molar-refractivity contribution in [2.45, 2.75) is 328 Å². The van der Waals surface area contributed by atoms with Crippen molar-refractivity contribution < 1.29 is 37.6 Å². The van der Waals surface area contributed by atoms with Gasteiger partial charge in [-0.25, -0.2) is 4.57 Å². The zero-order valence-corrected chi connectivity index (χ0v) is 60.6. The monoisotopic (exact) mass is 1310 g/mol. The molecule has 0 aromatic carbocycles. The molecule has 2 unspecified atom stereocenters. The molecule has 0 heterocycles. The van der Waals surface area contributed by atoms with Gasteiger partial charge in [0, 0.05) is 19.4 Å². The molecule has 0 amide bonds. The van der Waals surface area contributed by atoms with Crippen LogP contribution in [0.5, 0.6) is 0 Å². The Morgan fingerprint density at radius 3 is 0.892 bits per heavy atom. The summed E-state index contributed by atoms with van der Waals surface area (Å²) in [6.07, 6.45) is 112. The molecule has 0 aliphatic heterocycles. The number of carbonyl (C=O) groups excluding carboxylic acids is 2. The van der Waals surface area contributed by atoms with Gasteiger partial charge in [0.1, 0.15) is 6.61 Å². The van der Waals surface area contributed by atoms with E-state index in [1.165, 1.54) is 167 Å². The molecule has 0 bridgehead atoms. The fraction of sp³-hybridized carbons (Fsp3) is 0.663. The highest BCUT2D eigenvalue weighted by Crippen LogP contribution is 2.43. The van der Waals surface area contributed by atoms with Gasteiger partial charge in [-0.15, -0.1) is 0 Å². The number of ether oxygens (including phenoxy) is 2. The first-order valence-electron chi connectivity index (χ1n) is 38.0. The van der Waals surface area contributed by atoms with Crippen LogP contribution in [0.3, 0.4) is 0 Å². The summed E-state index contributed by atoms with van der Waals surface area (Å²) in [5.74, 6) is -0.856. The van der Waals surface area contributed by atoms with E-state index < -0.39 is 26.5 Å². The van der Waals surface area contributed by atoms with Gasteiger partial charge in [0.05, 0.1) is 13.2 Å². The lowest BCUT2D eigenvalue weighted by atomic mass is 10.0. The second kappa shape index (κ2) is 76.6. The number of hydrogen-bond acceptors (Lipinski definition) is 8. The maximum atomic E-state index is 12.8. The summed E-state index contributed by atoms with van der Waals surface area (Å²) >= 11 is 0. The highest BCUT2D eigenvalue weighted by Gasteiger charge is 2.26. The van der Waals surface area contributed by atoms with Crippen LogP contribution in [0.25, 0.3) is 0 Å². The van der Waals surface area contributed by atoms with Crippen molar-refractivity contribution in [3.8, 4) is 0 Å². The van der Waals surface area contributed by atoms with E-state index in [4.69, 9.17) is 24.3 Å². The molecule has 0 aromatic heterocycles. The first-order chi connectivity index (χ1) is 45.8. The smallest absolute Gasteiger partial charge is 0.462 e. The van der Waals surface area contributed by atoms with Crippen molar-refractivity contribution in [2.24, 2.45) is 5.73 Å². The molecule has 10 heteroatoms. The van der Waals surface area contributed by atoms with Gasteiger partial charge in [-0.2, -0.15) is 0 Å². The number of phosphoric ester groups is 1. The summed E-state index contributed by atoms with van der Waals surface area (Å²) in [4.78, 5) is 35.4. The lowest BCUT2D eigenvalue weighted by molar-refractivity contribution is -0.161. The quantitative estimate of drug-likeness (QED) is 0.0264. The van der Waals surface area contributed by atoms with Crippen LogP contribution in [0.1, 0.15) is 322 Å². The second-order valence-electron chi connectivity index (χ2n) is 24.8. The second-order valence-corrected chi connectivity index (χ2v) is 26.2. The highest BCUT2D eigenvalue weighted by atomic mass is 31.2. The summed E-state index contributed by atoms with van der Waals surface area (Å²) < 4.78 is 33.2. The SMILES string of the molecule is CC/C=C\C/C=C\C/C=C\C/C=C\C/C=C\C/C=C\C/C=C\C/C=C\C/C=C\C/C=C\C/C=C\C/C=C\CCCCCCC(=O)OC(COC(=O)CCCCCCCCCCCCCCCCCCCCC/C=C\CCCCCCCCCC)COP(=O)(O)OCCN. The molecule has 2 atom stereocenters. The van der Waals surface area contributed by atoms with E-state index in [0.717, 1.165) is 122 Å². The molecule has 530 valence electrons. The topological polar surface area (TPSA) is 134 Å². The van der Waals surface area contributed by atoms with E-state index in [-0.39, 0.29) is 38.6 Å². The summed E-state index contributed by atoms with van der Waals surface area (Å²) in [6.45, 7) is 3.62. The lowest BCUT2D eigenvalue weighted by Gasteiger charge is -2.19. The average Bonchev–Trinajstić information content (AvgIpc) is 3.49. The van der Waals surface area contributed by atoms with E-state index in [0.29, 0.717) is 6.42 Å². The van der Waals surface area contributed by atoms with Crippen LogP contribution in [-0.2, 0) is 32.7 Å². The van der Waals surface area contributed by atoms with Gasteiger partial charge in [-0.3, -0.25) is 18.6 Å². The fourth-order valence-corrected chi connectivity index (χ4v) is 11.1. The van der Waals surface area contributed by atoms with Crippen LogP contribution in [0.15, 0.2) is 158 Å². The Morgan fingerprint density at radius 2 is 0.591 bits per heavy atom. The van der Waals surface area contributed by atoms with Gasteiger partial charge >= 0.3 is 19.8 Å². The minimum absolute atomic E-state index is 0.0424. The van der Waals surface area contributed by atoms with Crippen molar-refractivity contribution in [3.63, 3.8) is 0 Å². The first-order valence-corrected chi connectivity index (χ1v) is 39.5. The molecule has 0 aliphatic carbocycles. The Balaban J connectivity index is 3.97. The van der Waals surface area contributed by atoms with Gasteiger partial charge in [-0.05, 0) is 128 Å². The summed E-state index contributed by atoms with van der Waals surface area (Å²) in [7, 11) is -4.41. The largest absolute Gasteiger partial charge is 0.472 e. The summed E-state index contributed by atoms with van der Waals surface area (Å²) in [5, 5.41) is 0. The Bertz CT molecular complexity index is 2090. The van der Waals surface area contributed by atoms with Crippen molar-refractivity contribution in [1.82, 2.24) is 0 Å². The molecule has 0 rings (SSSR count). The number of allylic oxidation sites excluding steroid dienone is 26. The first kappa shape index (κ1) is 88.6. The van der Waals surface area contributed by atoms with E-state index in [2.05, 4.69) is 172 Å². The number of nitrogens with two attached hydrogens (primary N) is 1. The molecule has 0 aromatic rings. The number of rotatable bonds is 70. The molecule has 0 fully saturated rings. The number of carbonyl (C=O) groups is 2. The molecule has 0 spiro atoms. The van der Waals surface area contributed by atoms with E-state index in [1.54, 1.807) is 0 Å². The van der Waals surface area contributed by atoms with Gasteiger partial charge in [0.25, 0.3) is 0 Å². The summed E-state index contributed by atoms with van der Waals surface area (Å²) in [5.41, 5.74) is 5.41. The van der Waals surface area contributed by atoms with E-state index >= 15 is 0 Å². The Morgan fingerprint density at radius 1 is 0.333 bits per heavy atom. The van der Waals surface area contributed by atoms with Crippen molar-refractivity contribution in [3.05, 3.63) is 158 Å². The predicted molar refractivity (Wildman–Crippen MR) is 403 cm³/mol. The third-order valence-corrected chi connectivity index (χ3v) is 16.9. The molecular weight excluding hydrogens is 1170 g/mol. The van der Waals surface area contributed by atoms with Crippen LogP contribution in [0.4, 0.5) is 0 Å². The zero-order valence-electron chi connectivity index (χ0n) is 59.7. The van der Waals surface area contributed by atoms with Crippen LogP contribution < -0.4 is 5.73 Å². The minimum Gasteiger partial charge on any atom is -0.462 e. The van der Waals surface area contributed by atoms with E-state index in [1.807, 2.05) is 0 Å². The van der Waals surface area contributed by atoms with Crippen LogP contribution in [-0.4, -0.2) is 49.3 Å². The third-order valence-electron chi connectivity index (χ3n) is 15.9. The molecule has 0 saturated heterocycles. The van der Waals surface area contributed by atoms with Crippen molar-refractivity contribution in [1.29, 1.82) is 0 Å². The van der Waals surface area contributed by atoms with Gasteiger partial charge < -0.3 is 20.1 Å². The molecular formula is C83H140NO8P. The minimum atomic E-state index is -4.41. The Labute approximate surface area is 572 Å². The molecule has 0 saturated carbocycles. The number of phosphoric acid groups is 1. The maximum Gasteiger partial charge on any atom is 0.472 e. The lowest BCUT2D eigenvalue weighted by Crippen LogP contribution is -2.29. The van der Waals surface area contributed by atoms with Gasteiger partial charge in [0.2, 0.25) is 0 Å². The molecule has 93 heavy (non-hydrogen) atoms. The van der Waals surface area contributed by atoms with Crippen molar-refractivity contribution in [2.75, 3.05) is 26.4 Å². The standard InChI is InChI=1S/C83H140NO8P/c1-3-5-7-9-11-13-15-17-19-21-23-25-27-29-31-33-35-36-37-38-39-40-41-42-43-44-46-48-50-52-54-56-58-60-62-64-66-68-70-72-74-76-83(86)92-81(80-91-93(87,88)90-78-77-84)79-89-82(85)75-73-71-69-67-65-63-61-59-57-55-53-51-49-47-45-34-32-30-28-26-24-22-20-18-16-14-12-10-8-6-4-2/h5,7,11,13,17,19,22-25,29,31,35-36,38-39,41-42,44,46,50,52,56,58,62,64,81H,3-4,6,8-10,12,14-16,18,20-21,26-28,30,32-34,37,40,43,45,47-49,51,53-55,57,59-61,63,65-80,84H2,1-2H3,(H,87,88)/b7-5-,13-11-,19-17-,24-22-,25-23-,31-29-,36-35-,39-38-,42-41-,46-44-,52-50-,58-56-,64-62-. The Kier molecular flexibility index (Phi) is 73.0. The number of hydrogen-bond donors (Lipinski definition) is 2. The fourth-order valence-electron chi connectivity index (χ4n) is 10.3. The van der Waals surface area contributed by atoms with Crippen LogP contribution in [0.2, 0.25) is 0 Å². The van der Waals surface area contributed by atoms with E-state index in [9.17, 15) is 19.0 Å². The van der Waals surface area contributed by atoms with Gasteiger partial charge in [-0.1, -0.05) is 339 Å². The third kappa shape index (κ3) is 76.5. The molecule has 0 aliphatic rings. The molecule has 0 radical (unpaired) electrons. The van der Waals surface area contributed by atoms with Crippen LogP contribution >= 0.6 is 7.82 Å². The predicted octanol–water partition coefficient (Wildman–Crippen LogP) is 25.5. The summed E-state index contributed by atoms with van der Waals surface area (Å²) in [6, 6.07) is 0. The average molecular weight is 1310 g/mol. The zero-order chi connectivity index (χ0) is 67.2. The van der Waals surface area contributed by atoms with Crippen molar-refractivity contribution >= 4 is 19.8 Å². The normalized spacial score (nSPS) is 13.8. The highest BCUT2D eigenvalue weighted by molar-refractivity contribution is 7.47. The maximum absolute atomic E-state index is 12.8. The van der Waals surface area contributed by atoms with Gasteiger partial charge in [0.15, 0.2) is 6.10 Å². The number of unbranched alkanes of at least 4 members (excludes halogenated alkanes) is 31. The van der Waals surface area contributed by atoms with Crippen LogP contribution in [0, 0.1) is 0 Å². The Hall–Kier alpha value is -4.37. The molecule has 3 N–H and O–H groups in total. The molecule has 9 nitrogen and oxygen atoms in total.